The summed E-state index contributed by atoms with van der Waals surface area (Å²) in [4.78, 5) is 35.9. The molecule has 0 aliphatic rings. The number of hydrogen-bond acceptors (Lipinski definition) is 7. The minimum atomic E-state index is -1.33. The highest BCUT2D eigenvalue weighted by atomic mass is 32.2. The van der Waals surface area contributed by atoms with Gasteiger partial charge in [-0.3, -0.25) is 10.1 Å². The van der Waals surface area contributed by atoms with Crippen molar-refractivity contribution < 1.29 is 23.9 Å². The number of esters is 1. The zero-order valence-corrected chi connectivity index (χ0v) is 16.7. The number of nitrogens with one attached hydrogen (secondary N) is 2. The molecule has 0 heterocycles. The number of nitrogens with two attached hydrogens (primary N) is 1. The first-order valence-electron chi connectivity index (χ1n) is 8.17. The molecule has 0 rings (SSSR count). The zero-order chi connectivity index (χ0) is 19.6. The molecule has 0 saturated carbocycles. The zero-order valence-electron chi connectivity index (χ0n) is 15.9. The molecule has 0 aliphatic carbocycles. The smallest absolute Gasteiger partial charge is 0.409 e. The summed E-state index contributed by atoms with van der Waals surface area (Å²) in [6.07, 6.45) is 0.166. The average molecular weight is 378 g/mol. The van der Waals surface area contributed by atoms with Crippen LogP contribution < -0.4 is 16.4 Å². The Kier molecular flexibility index (Phi) is 10.5. The predicted octanol–water partition coefficient (Wildman–Crippen LogP) is 1.23. The molecule has 0 aromatic rings. The molecule has 0 spiro atoms. The van der Waals surface area contributed by atoms with Crippen LogP contribution in [0.25, 0.3) is 0 Å². The van der Waals surface area contributed by atoms with E-state index < -0.39 is 35.8 Å². The van der Waals surface area contributed by atoms with Crippen LogP contribution in [0.15, 0.2) is 0 Å². The van der Waals surface area contributed by atoms with Crippen molar-refractivity contribution in [3.05, 3.63) is 0 Å². The van der Waals surface area contributed by atoms with E-state index in [1.807, 2.05) is 20.1 Å². The van der Waals surface area contributed by atoms with Crippen LogP contribution in [0, 0.1) is 5.92 Å². The number of thioether (sulfide) groups is 1. The van der Waals surface area contributed by atoms with Crippen LogP contribution in [-0.2, 0) is 19.1 Å². The van der Waals surface area contributed by atoms with Crippen LogP contribution in [0.2, 0.25) is 0 Å². The first kappa shape index (κ1) is 23.5. The molecule has 146 valence electrons. The maximum Gasteiger partial charge on any atom is 0.409 e. The van der Waals surface area contributed by atoms with Crippen molar-refractivity contribution in [1.82, 2.24) is 10.6 Å². The van der Waals surface area contributed by atoms with Gasteiger partial charge in [0, 0.05) is 0 Å². The number of carbonyl (C=O) groups is 3. The standard InChI is InChI=1S/C16H31N3O5S/c1-10(2)9-23-14(21)11(7-8-25-6)18-13(20)12(17)19-15(22)24-16(3,4)5/h10-12H,7-9,17H2,1-6H3,(H,18,20)(H,19,22)/t11-,12+/m0/s1. The van der Waals surface area contributed by atoms with Crippen molar-refractivity contribution in [1.29, 1.82) is 0 Å². The molecule has 0 aliphatic heterocycles. The Bertz CT molecular complexity index is 452. The summed E-state index contributed by atoms with van der Waals surface area (Å²) in [5.41, 5.74) is 4.95. The number of hydrogen-bond donors (Lipinski definition) is 3. The van der Waals surface area contributed by atoms with Gasteiger partial charge in [-0.1, -0.05) is 13.8 Å². The van der Waals surface area contributed by atoms with E-state index in [9.17, 15) is 14.4 Å². The summed E-state index contributed by atoms with van der Waals surface area (Å²) in [7, 11) is 0. The first-order valence-corrected chi connectivity index (χ1v) is 9.56. The molecule has 0 radical (unpaired) electrons. The second-order valence-corrected chi connectivity index (χ2v) is 7.98. The molecule has 9 heteroatoms. The molecule has 0 aromatic heterocycles. The largest absolute Gasteiger partial charge is 0.464 e. The number of carbonyl (C=O) groups excluding carboxylic acids is 3. The summed E-state index contributed by atoms with van der Waals surface area (Å²) in [6.45, 7) is 9.20. The Morgan fingerprint density at radius 1 is 1.16 bits per heavy atom. The van der Waals surface area contributed by atoms with Crippen molar-refractivity contribution in [3.63, 3.8) is 0 Å². The quantitative estimate of drug-likeness (QED) is 0.408. The lowest BCUT2D eigenvalue weighted by Crippen LogP contribution is -2.56. The van der Waals surface area contributed by atoms with E-state index in [-0.39, 0.29) is 12.5 Å². The molecule has 0 aromatic carbocycles. The molecule has 8 nitrogen and oxygen atoms in total. The Morgan fingerprint density at radius 3 is 2.24 bits per heavy atom. The van der Waals surface area contributed by atoms with E-state index >= 15 is 0 Å². The summed E-state index contributed by atoms with van der Waals surface area (Å²) >= 11 is 1.54. The first-order chi connectivity index (χ1) is 11.5. The molecule has 4 N–H and O–H groups in total. The molecule has 2 amide bonds. The Hall–Kier alpha value is -1.48. The normalized spacial score (nSPS) is 13.8. The minimum absolute atomic E-state index is 0.192. The second kappa shape index (κ2) is 11.2. The number of alkyl carbamates (subject to hydrolysis) is 1. The Balaban J connectivity index is 4.67. The van der Waals surface area contributed by atoms with Gasteiger partial charge < -0.3 is 20.5 Å². The van der Waals surface area contributed by atoms with Crippen molar-refractivity contribution in [2.45, 2.75) is 58.8 Å². The lowest BCUT2D eigenvalue weighted by molar-refractivity contribution is -0.149. The summed E-state index contributed by atoms with van der Waals surface area (Å²) in [6, 6.07) is -0.815. The van der Waals surface area contributed by atoms with Gasteiger partial charge in [0.2, 0.25) is 0 Å². The average Bonchev–Trinajstić information content (AvgIpc) is 2.46. The van der Waals surface area contributed by atoms with Gasteiger partial charge in [0.1, 0.15) is 11.6 Å². The molecule has 25 heavy (non-hydrogen) atoms. The molecular formula is C16H31N3O5S. The molecule has 0 bridgehead atoms. The number of amides is 2. The monoisotopic (exact) mass is 377 g/mol. The second-order valence-electron chi connectivity index (χ2n) is 6.99. The van der Waals surface area contributed by atoms with E-state index in [0.717, 1.165) is 0 Å². The fraction of sp³-hybridized carbons (Fsp3) is 0.812. The van der Waals surface area contributed by atoms with Gasteiger partial charge in [-0.05, 0) is 45.1 Å². The third-order valence-electron chi connectivity index (χ3n) is 2.73. The highest BCUT2D eigenvalue weighted by molar-refractivity contribution is 7.98. The van der Waals surface area contributed by atoms with Gasteiger partial charge in [-0.15, -0.1) is 0 Å². The summed E-state index contributed by atoms with van der Waals surface area (Å²) in [5, 5.41) is 4.76. The van der Waals surface area contributed by atoms with Gasteiger partial charge in [0.15, 0.2) is 6.17 Å². The molecule has 0 fully saturated rings. The lowest BCUT2D eigenvalue weighted by atomic mass is 10.2. The van der Waals surface area contributed by atoms with Gasteiger partial charge in [-0.2, -0.15) is 11.8 Å². The van der Waals surface area contributed by atoms with Gasteiger partial charge in [-0.25, -0.2) is 9.59 Å². The fourth-order valence-corrected chi connectivity index (χ4v) is 2.07. The maximum atomic E-state index is 12.1. The van der Waals surface area contributed by atoms with E-state index in [2.05, 4.69) is 10.6 Å². The third-order valence-corrected chi connectivity index (χ3v) is 3.37. The van der Waals surface area contributed by atoms with Crippen molar-refractivity contribution in [3.8, 4) is 0 Å². The summed E-state index contributed by atoms with van der Waals surface area (Å²) < 4.78 is 10.2. The lowest BCUT2D eigenvalue weighted by Gasteiger charge is -2.23. The van der Waals surface area contributed by atoms with Gasteiger partial charge >= 0.3 is 12.1 Å². The SMILES string of the molecule is CSCC[C@H](NC(=O)[C@H](N)NC(=O)OC(C)(C)C)C(=O)OCC(C)C. The van der Waals surface area contributed by atoms with Crippen LogP contribution in [-0.4, -0.2) is 54.4 Å². The fourth-order valence-electron chi connectivity index (χ4n) is 1.60. The van der Waals surface area contributed by atoms with Crippen LogP contribution in [0.1, 0.15) is 41.0 Å². The Labute approximate surface area is 153 Å². The van der Waals surface area contributed by atoms with Crippen molar-refractivity contribution in [2.75, 3.05) is 18.6 Å². The van der Waals surface area contributed by atoms with Crippen molar-refractivity contribution >= 4 is 29.7 Å². The van der Waals surface area contributed by atoms with Gasteiger partial charge in [0.05, 0.1) is 6.61 Å². The van der Waals surface area contributed by atoms with E-state index in [1.54, 1.807) is 32.5 Å². The molecule has 2 atom stereocenters. The number of ether oxygens (including phenoxy) is 2. The Morgan fingerprint density at radius 2 is 1.76 bits per heavy atom. The topological polar surface area (TPSA) is 120 Å². The van der Waals surface area contributed by atoms with Gasteiger partial charge in [0.25, 0.3) is 5.91 Å². The van der Waals surface area contributed by atoms with Crippen LogP contribution >= 0.6 is 11.8 Å². The molecule has 0 saturated heterocycles. The van der Waals surface area contributed by atoms with Crippen LogP contribution in [0.5, 0.6) is 0 Å². The van der Waals surface area contributed by atoms with E-state index in [1.165, 1.54) is 0 Å². The van der Waals surface area contributed by atoms with Crippen LogP contribution in [0.4, 0.5) is 4.79 Å². The van der Waals surface area contributed by atoms with Crippen molar-refractivity contribution in [2.24, 2.45) is 11.7 Å². The number of rotatable bonds is 9. The maximum absolute atomic E-state index is 12.1. The predicted molar refractivity (Wildman–Crippen MR) is 98.1 cm³/mol. The minimum Gasteiger partial charge on any atom is -0.464 e. The van der Waals surface area contributed by atoms with Crippen LogP contribution in [0.3, 0.4) is 0 Å². The highest BCUT2D eigenvalue weighted by Crippen LogP contribution is 2.07. The molecule has 0 unspecified atom stereocenters. The van der Waals surface area contributed by atoms with E-state index in [0.29, 0.717) is 12.2 Å². The highest BCUT2D eigenvalue weighted by Gasteiger charge is 2.27. The van der Waals surface area contributed by atoms with E-state index in [4.69, 9.17) is 15.2 Å². The third kappa shape index (κ3) is 11.7. The summed E-state index contributed by atoms with van der Waals surface area (Å²) in [5.74, 6) is -0.341. The molecular weight excluding hydrogens is 346 g/mol.